The second kappa shape index (κ2) is 8.91. The van der Waals surface area contributed by atoms with Crippen LogP contribution < -0.4 is 15.5 Å². The van der Waals surface area contributed by atoms with Crippen molar-refractivity contribution in [1.82, 2.24) is 20.6 Å². The van der Waals surface area contributed by atoms with Crippen LogP contribution in [0.4, 0.5) is 14.5 Å². The molecule has 0 atom stereocenters. The van der Waals surface area contributed by atoms with E-state index in [1.54, 1.807) is 12.3 Å². The molecular formula is C30H29F2N5O. The molecule has 2 aliphatic heterocycles. The van der Waals surface area contributed by atoms with Gasteiger partial charge in [0.1, 0.15) is 5.65 Å². The molecule has 2 aromatic heterocycles. The average Bonchev–Trinajstić information content (AvgIpc) is 3.49. The minimum Gasteiger partial charge on any atom is -0.367 e. The van der Waals surface area contributed by atoms with Crippen molar-refractivity contribution in [2.45, 2.75) is 37.6 Å². The second-order valence-corrected chi connectivity index (χ2v) is 10.7. The number of rotatable bonds is 3. The molecule has 4 heterocycles. The van der Waals surface area contributed by atoms with E-state index in [-0.39, 0.29) is 17.1 Å². The lowest BCUT2D eigenvalue weighted by Gasteiger charge is -2.34. The van der Waals surface area contributed by atoms with Gasteiger partial charge in [-0.2, -0.15) is 0 Å². The van der Waals surface area contributed by atoms with Gasteiger partial charge in [0.2, 0.25) is 0 Å². The van der Waals surface area contributed by atoms with Crippen LogP contribution in [-0.2, 0) is 5.54 Å². The van der Waals surface area contributed by atoms with Crippen LogP contribution in [0.25, 0.3) is 33.3 Å². The van der Waals surface area contributed by atoms with Gasteiger partial charge in [0, 0.05) is 60.6 Å². The number of aromatic amines is 1. The molecule has 2 aromatic carbocycles. The van der Waals surface area contributed by atoms with Crippen LogP contribution in [0.2, 0.25) is 0 Å². The van der Waals surface area contributed by atoms with Gasteiger partial charge in [-0.05, 0) is 59.9 Å². The number of nitrogens with zero attached hydrogens (tertiary/aromatic N) is 2. The van der Waals surface area contributed by atoms with E-state index in [0.29, 0.717) is 18.7 Å². The third-order valence-corrected chi connectivity index (χ3v) is 8.48. The SMILES string of the molecule is O=C1NC2(CCCCC2)c2cc(-c3c[nH]c4ncc(-c5cc(F)c(F)c(N6CCNCC6)c5)cc34)ccc21. The number of amides is 1. The van der Waals surface area contributed by atoms with Gasteiger partial charge in [0.25, 0.3) is 5.91 Å². The van der Waals surface area contributed by atoms with Crippen LogP contribution in [0.15, 0.2) is 48.8 Å². The molecule has 1 saturated carbocycles. The topological polar surface area (TPSA) is 73.0 Å². The zero-order valence-electron chi connectivity index (χ0n) is 21.0. The molecule has 0 bridgehead atoms. The number of hydrogen-bond donors (Lipinski definition) is 3. The smallest absolute Gasteiger partial charge is 0.252 e. The molecule has 1 spiro atoms. The summed E-state index contributed by atoms with van der Waals surface area (Å²) in [6, 6.07) is 11.0. The number of halogens is 2. The summed E-state index contributed by atoms with van der Waals surface area (Å²) < 4.78 is 29.5. The average molecular weight is 514 g/mol. The van der Waals surface area contributed by atoms with Gasteiger partial charge >= 0.3 is 0 Å². The number of hydrogen-bond acceptors (Lipinski definition) is 4. The molecule has 38 heavy (non-hydrogen) atoms. The van der Waals surface area contributed by atoms with Crippen molar-refractivity contribution in [2.24, 2.45) is 0 Å². The van der Waals surface area contributed by atoms with E-state index in [1.165, 1.54) is 12.5 Å². The number of H-pyrrole nitrogens is 1. The first-order chi connectivity index (χ1) is 18.5. The quantitative estimate of drug-likeness (QED) is 0.339. The van der Waals surface area contributed by atoms with Crippen LogP contribution in [0.5, 0.6) is 0 Å². The summed E-state index contributed by atoms with van der Waals surface area (Å²) >= 11 is 0. The number of fused-ring (bicyclic) bond motifs is 3. The van der Waals surface area contributed by atoms with E-state index in [2.05, 4.69) is 26.7 Å². The fourth-order valence-electron chi connectivity index (χ4n) is 6.48. The first kappa shape index (κ1) is 23.3. The van der Waals surface area contributed by atoms with Crippen LogP contribution in [0.3, 0.4) is 0 Å². The van der Waals surface area contributed by atoms with E-state index in [1.807, 2.05) is 29.3 Å². The summed E-state index contributed by atoms with van der Waals surface area (Å²) in [4.78, 5) is 22.5. The molecule has 6 nitrogen and oxygen atoms in total. The van der Waals surface area contributed by atoms with Gasteiger partial charge in [0.15, 0.2) is 11.6 Å². The van der Waals surface area contributed by atoms with Gasteiger partial charge in [-0.1, -0.05) is 25.3 Å². The molecule has 2 fully saturated rings. The largest absolute Gasteiger partial charge is 0.367 e. The third-order valence-electron chi connectivity index (χ3n) is 8.48. The highest BCUT2D eigenvalue weighted by Crippen LogP contribution is 2.44. The summed E-state index contributed by atoms with van der Waals surface area (Å²) in [5.74, 6) is -1.67. The number of piperazine rings is 1. The van der Waals surface area contributed by atoms with Gasteiger partial charge < -0.3 is 20.5 Å². The lowest BCUT2D eigenvalue weighted by molar-refractivity contribution is 0.0909. The standard InChI is InChI=1S/C30H29F2N5O/c31-25-14-19(15-26(27(25)32)37-10-8-33-9-11-37)20-12-22-23(17-35-28(22)34-16-20)18-4-5-21-24(13-18)30(36-29(21)38)6-2-1-3-7-30/h4-5,12-17,33H,1-3,6-11H2,(H,34,35)(H,36,38). The van der Waals surface area contributed by atoms with Crippen molar-refractivity contribution in [3.05, 3.63) is 71.6 Å². The maximum Gasteiger partial charge on any atom is 0.252 e. The normalized spacial score (nSPS) is 18.7. The molecule has 4 aromatic rings. The summed E-state index contributed by atoms with van der Waals surface area (Å²) in [6.45, 7) is 2.70. The molecule has 7 rings (SSSR count). The number of carbonyl (C=O) groups excluding carboxylic acids is 1. The molecule has 1 amide bonds. The minimum atomic E-state index is -0.862. The highest BCUT2D eigenvalue weighted by molar-refractivity contribution is 6.02. The Morgan fingerprint density at radius 3 is 2.53 bits per heavy atom. The maximum absolute atomic E-state index is 14.8. The van der Waals surface area contributed by atoms with Crippen molar-refractivity contribution >= 4 is 22.6 Å². The van der Waals surface area contributed by atoms with E-state index in [0.717, 1.165) is 77.6 Å². The second-order valence-electron chi connectivity index (χ2n) is 10.7. The van der Waals surface area contributed by atoms with Crippen LogP contribution in [-0.4, -0.2) is 42.1 Å². The van der Waals surface area contributed by atoms with E-state index in [4.69, 9.17) is 0 Å². The van der Waals surface area contributed by atoms with E-state index >= 15 is 0 Å². The lowest BCUT2D eigenvalue weighted by Crippen LogP contribution is -2.44. The summed E-state index contributed by atoms with van der Waals surface area (Å²) in [6.07, 6.45) is 8.95. The highest BCUT2D eigenvalue weighted by atomic mass is 19.2. The molecule has 3 aliphatic rings. The zero-order chi connectivity index (χ0) is 25.9. The van der Waals surface area contributed by atoms with Crippen molar-refractivity contribution in [1.29, 1.82) is 0 Å². The third kappa shape index (κ3) is 3.69. The Morgan fingerprint density at radius 2 is 1.71 bits per heavy atom. The number of nitrogens with one attached hydrogen (secondary N) is 3. The van der Waals surface area contributed by atoms with Crippen LogP contribution in [0.1, 0.15) is 48.0 Å². The summed E-state index contributed by atoms with van der Waals surface area (Å²) in [7, 11) is 0. The van der Waals surface area contributed by atoms with Crippen LogP contribution >= 0.6 is 0 Å². The number of pyridine rings is 1. The number of aromatic nitrogens is 2. The number of carbonyl (C=O) groups is 1. The fourth-order valence-corrected chi connectivity index (χ4v) is 6.48. The van der Waals surface area contributed by atoms with Crippen LogP contribution in [0, 0.1) is 11.6 Å². The maximum atomic E-state index is 14.8. The Bertz CT molecular complexity index is 1570. The molecular weight excluding hydrogens is 484 g/mol. The Balaban J connectivity index is 1.31. The fraction of sp³-hybridized carbons (Fsp3) is 0.333. The highest BCUT2D eigenvalue weighted by Gasteiger charge is 2.43. The molecule has 8 heteroatoms. The van der Waals surface area contributed by atoms with Crippen molar-refractivity contribution < 1.29 is 13.6 Å². The monoisotopic (exact) mass is 513 g/mol. The molecule has 3 N–H and O–H groups in total. The Kier molecular flexibility index (Phi) is 5.47. The Morgan fingerprint density at radius 1 is 0.895 bits per heavy atom. The number of anilines is 1. The van der Waals surface area contributed by atoms with E-state index in [9.17, 15) is 13.6 Å². The van der Waals surface area contributed by atoms with Crippen molar-refractivity contribution in [2.75, 3.05) is 31.1 Å². The first-order valence-corrected chi connectivity index (χ1v) is 13.4. The molecule has 1 saturated heterocycles. The van der Waals surface area contributed by atoms with Gasteiger partial charge in [-0.25, -0.2) is 13.8 Å². The van der Waals surface area contributed by atoms with E-state index < -0.39 is 11.6 Å². The zero-order valence-corrected chi connectivity index (χ0v) is 21.0. The van der Waals surface area contributed by atoms with Crippen molar-refractivity contribution in [3.63, 3.8) is 0 Å². The van der Waals surface area contributed by atoms with Gasteiger partial charge in [-0.3, -0.25) is 4.79 Å². The Hall–Kier alpha value is -3.78. The summed E-state index contributed by atoms with van der Waals surface area (Å²) in [5.41, 5.74) is 5.84. The minimum absolute atomic E-state index is 0.00922. The predicted octanol–water partition coefficient (Wildman–Crippen LogP) is 5.49. The number of benzene rings is 2. The first-order valence-electron chi connectivity index (χ1n) is 13.4. The molecule has 1 aliphatic carbocycles. The molecule has 0 unspecified atom stereocenters. The Labute approximate surface area is 219 Å². The summed E-state index contributed by atoms with van der Waals surface area (Å²) in [5, 5.41) is 7.42. The van der Waals surface area contributed by atoms with Gasteiger partial charge in [0.05, 0.1) is 11.2 Å². The molecule has 194 valence electrons. The predicted molar refractivity (Wildman–Crippen MR) is 144 cm³/mol. The lowest BCUT2D eigenvalue weighted by atomic mass is 9.77. The molecule has 0 radical (unpaired) electrons. The van der Waals surface area contributed by atoms with Gasteiger partial charge in [-0.15, -0.1) is 0 Å². The van der Waals surface area contributed by atoms with Crippen molar-refractivity contribution in [3.8, 4) is 22.3 Å².